The predicted molar refractivity (Wildman–Crippen MR) is 182 cm³/mol. The fourth-order valence-electron chi connectivity index (χ4n) is 7.20. The van der Waals surface area contributed by atoms with Gasteiger partial charge in [-0.25, -0.2) is 0 Å². The average Bonchev–Trinajstić information content (AvgIpc) is 3.83. The number of rotatable bonds is 4. The van der Waals surface area contributed by atoms with Crippen LogP contribution in [-0.4, -0.2) is 26.8 Å². The Morgan fingerprint density at radius 3 is 1.29 bits per heavy atom. The summed E-state index contributed by atoms with van der Waals surface area (Å²) in [4.78, 5) is 9.75. The van der Waals surface area contributed by atoms with Crippen LogP contribution >= 0.6 is 0 Å². The van der Waals surface area contributed by atoms with Gasteiger partial charge in [0, 0.05) is 0 Å². The van der Waals surface area contributed by atoms with Crippen molar-refractivity contribution >= 4 is 84.8 Å². The number of para-hydroxylation sites is 4. The maximum atomic E-state index is 6.17. The summed E-state index contributed by atoms with van der Waals surface area (Å²) in [5, 5.41) is 5.12. The summed E-state index contributed by atoms with van der Waals surface area (Å²) in [6, 6.07) is 51.7. The first-order valence-electron chi connectivity index (χ1n) is 15.0. The number of imidazole rings is 2. The summed E-state index contributed by atoms with van der Waals surface area (Å²) in [5.41, 5.74) is 7.54. The Balaban J connectivity index is 1.35. The van der Waals surface area contributed by atoms with Crippen molar-refractivity contribution in [2.75, 3.05) is 0 Å². The third kappa shape index (κ3) is 3.33. The zero-order chi connectivity index (χ0) is 29.5. The molecule has 10 aromatic rings. The van der Waals surface area contributed by atoms with E-state index < -0.39 is 8.07 Å². The SMILES string of the molecule is c1ccc([Si-](c2ccccc2)(c2ccc3nc4oc5ccccc5n4c3c2)c2ccc3nc4oc5ccccc5n4c3c2)cc1. The number of hydrogen-bond donors (Lipinski definition) is 0. The van der Waals surface area contributed by atoms with Crippen LogP contribution in [0.1, 0.15) is 0 Å². The molecule has 45 heavy (non-hydrogen) atoms. The van der Waals surface area contributed by atoms with Gasteiger partial charge >= 0.3 is 11.7 Å². The maximum Gasteiger partial charge on any atom is 0.307 e. The van der Waals surface area contributed by atoms with Gasteiger partial charge in [-0.15, -0.1) is 0 Å². The smallest absolute Gasteiger partial charge is 0.307 e. The topological polar surface area (TPSA) is 60.9 Å². The second kappa shape index (κ2) is 9.04. The molecule has 0 aliphatic carbocycles. The number of benzene rings is 6. The summed E-state index contributed by atoms with van der Waals surface area (Å²) in [7, 11) is -2.89. The molecule has 0 radical (unpaired) electrons. The van der Waals surface area contributed by atoms with E-state index in [1.807, 2.05) is 36.4 Å². The zero-order valence-electron chi connectivity index (χ0n) is 24.0. The molecule has 6 aromatic carbocycles. The Kier molecular flexibility index (Phi) is 4.93. The largest absolute Gasteiger partial charge is 0.423 e. The Labute approximate surface area is 257 Å². The van der Waals surface area contributed by atoms with E-state index in [9.17, 15) is 0 Å². The molecule has 7 heteroatoms. The molecule has 6 nitrogen and oxygen atoms in total. The van der Waals surface area contributed by atoms with E-state index in [1.165, 1.54) is 20.7 Å². The third-order valence-corrected chi connectivity index (χ3v) is 13.9. The Bertz CT molecular complexity index is 2530. The van der Waals surface area contributed by atoms with Gasteiger partial charge in [-0.05, 0) is 44.5 Å². The summed E-state index contributed by atoms with van der Waals surface area (Å²) in [6.45, 7) is 0. The predicted octanol–water partition coefficient (Wildman–Crippen LogP) is 6.16. The molecule has 10 rings (SSSR count). The van der Waals surface area contributed by atoms with Gasteiger partial charge in [0.05, 0.1) is 33.1 Å². The first kappa shape index (κ1) is 24.5. The van der Waals surface area contributed by atoms with Crippen LogP contribution in [0.4, 0.5) is 0 Å². The van der Waals surface area contributed by atoms with Crippen LogP contribution in [0.25, 0.3) is 56.0 Å². The number of fused-ring (bicyclic) bond motifs is 10. The second-order valence-corrected chi connectivity index (χ2v) is 15.3. The van der Waals surface area contributed by atoms with Crippen LogP contribution in [0.15, 0.2) is 154 Å². The van der Waals surface area contributed by atoms with Crippen molar-refractivity contribution in [2.24, 2.45) is 0 Å². The van der Waals surface area contributed by atoms with Gasteiger partial charge in [-0.1, -0.05) is 109 Å². The molecule has 4 heterocycles. The minimum Gasteiger partial charge on any atom is -0.423 e. The van der Waals surface area contributed by atoms with E-state index in [2.05, 4.69) is 118 Å². The highest BCUT2D eigenvalue weighted by atomic mass is 28.3. The highest BCUT2D eigenvalue weighted by Crippen LogP contribution is 2.28. The molecule has 0 unspecified atom stereocenters. The molecule has 0 atom stereocenters. The highest BCUT2D eigenvalue weighted by Gasteiger charge is 2.30. The lowest BCUT2D eigenvalue weighted by Crippen LogP contribution is -2.74. The van der Waals surface area contributed by atoms with E-state index in [-0.39, 0.29) is 0 Å². The first-order valence-corrected chi connectivity index (χ1v) is 17.0. The normalized spacial score (nSPS) is 12.4. The maximum absolute atomic E-state index is 6.17. The molecule has 0 N–H and O–H groups in total. The van der Waals surface area contributed by atoms with Gasteiger partial charge in [0.25, 0.3) is 0 Å². The van der Waals surface area contributed by atoms with Crippen molar-refractivity contribution < 1.29 is 8.83 Å². The van der Waals surface area contributed by atoms with Gasteiger partial charge in [0.2, 0.25) is 0 Å². The van der Waals surface area contributed by atoms with Crippen molar-refractivity contribution in [3.8, 4) is 0 Å². The van der Waals surface area contributed by atoms with Gasteiger partial charge in [0.15, 0.2) is 11.2 Å². The molecular weight excluding hydrogens is 573 g/mol. The first-order chi connectivity index (χ1) is 22.3. The molecule has 213 valence electrons. The van der Waals surface area contributed by atoms with E-state index in [0.29, 0.717) is 11.7 Å². The molecule has 0 fully saturated rings. The second-order valence-electron chi connectivity index (χ2n) is 11.5. The lowest BCUT2D eigenvalue weighted by molar-refractivity contribution is 0.642. The van der Waals surface area contributed by atoms with Gasteiger partial charge in [-0.2, -0.15) is 30.7 Å². The van der Waals surface area contributed by atoms with Crippen molar-refractivity contribution in [1.82, 2.24) is 18.8 Å². The van der Waals surface area contributed by atoms with Crippen LogP contribution in [-0.2, 0) is 0 Å². The van der Waals surface area contributed by atoms with Crippen molar-refractivity contribution in [3.05, 3.63) is 146 Å². The average molecular weight is 597 g/mol. The van der Waals surface area contributed by atoms with Gasteiger partial charge < -0.3 is 8.83 Å². The highest BCUT2D eigenvalue weighted by molar-refractivity contribution is 7.20. The van der Waals surface area contributed by atoms with Crippen molar-refractivity contribution in [3.63, 3.8) is 0 Å². The molecule has 0 amide bonds. The summed E-state index contributed by atoms with van der Waals surface area (Å²) in [6.07, 6.45) is 0. The molecule has 0 bridgehead atoms. The zero-order valence-corrected chi connectivity index (χ0v) is 25.0. The number of oxazole rings is 2. The molecular formula is C38H24N4O2Si-. The third-order valence-electron chi connectivity index (χ3n) is 9.14. The fraction of sp³-hybridized carbons (Fsp3) is 0. The Morgan fingerprint density at radius 2 is 0.822 bits per heavy atom. The lowest BCUT2D eigenvalue weighted by atomic mass is 10.3. The van der Waals surface area contributed by atoms with Gasteiger partial charge in [-0.3, -0.25) is 8.80 Å². The lowest BCUT2D eigenvalue weighted by Gasteiger charge is -2.47. The molecule has 0 saturated heterocycles. The summed E-state index contributed by atoms with van der Waals surface area (Å²) >= 11 is 0. The van der Waals surface area contributed by atoms with E-state index in [1.54, 1.807) is 0 Å². The standard InChI is InChI=1S/C38H24N4O2Si/c1-3-11-25(12-4-1)45(26-13-5-2-6-14-26,27-19-21-29-33(23-27)41-31-15-7-9-17-35(31)43-37(41)39-29)28-20-22-30-34(24-28)42-32-16-8-10-18-36(32)44-38(42)40-30/h1-24H/q-1. The molecule has 0 aliphatic rings. The number of hydrogen-bond acceptors (Lipinski definition) is 4. The van der Waals surface area contributed by atoms with E-state index >= 15 is 0 Å². The number of nitrogens with zero attached hydrogens (tertiary/aromatic N) is 4. The molecule has 4 aromatic heterocycles. The molecule has 0 spiro atoms. The van der Waals surface area contributed by atoms with E-state index in [0.717, 1.165) is 44.3 Å². The van der Waals surface area contributed by atoms with Crippen molar-refractivity contribution in [2.45, 2.75) is 0 Å². The van der Waals surface area contributed by atoms with Crippen LogP contribution < -0.4 is 20.7 Å². The van der Waals surface area contributed by atoms with Gasteiger partial charge in [0.1, 0.15) is 0 Å². The number of aromatic nitrogens is 4. The minimum atomic E-state index is -2.89. The Morgan fingerprint density at radius 1 is 0.400 bits per heavy atom. The molecule has 0 saturated carbocycles. The quantitative estimate of drug-likeness (QED) is 0.180. The minimum absolute atomic E-state index is 0.602. The summed E-state index contributed by atoms with van der Waals surface area (Å²) < 4.78 is 16.6. The van der Waals surface area contributed by atoms with Crippen LogP contribution in [0.3, 0.4) is 0 Å². The van der Waals surface area contributed by atoms with E-state index in [4.69, 9.17) is 18.8 Å². The Hall–Kier alpha value is -5.92. The van der Waals surface area contributed by atoms with Crippen LogP contribution in [0.2, 0.25) is 0 Å². The summed E-state index contributed by atoms with van der Waals surface area (Å²) in [5.74, 6) is 1.20. The molecule has 0 aliphatic heterocycles. The van der Waals surface area contributed by atoms with Crippen LogP contribution in [0, 0.1) is 0 Å². The van der Waals surface area contributed by atoms with Crippen molar-refractivity contribution in [1.29, 1.82) is 0 Å². The fourth-order valence-corrected chi connectivity index (χ4v) is 12.0. The monoisotopic (exact) mass is 596 g/mol. The van der Waals surface area contributed by atoms with Crippen LogP contribution in [0.5, 0.6) is 0 Å².